The minimum Gasteiger partial charge on any atom is -0.333 e. The van der Waals surface area contributed by atoms with Gasteiger partial charge in [0.15, 0.2) is 10.3 Å². The number of rotatable bonds is 5. The van der Waals surface area contributed by atoms with Gasteiger partial charge in [0.05, 0.1) is 23.3 Å². The molecule has 0 spiro atoms. The smallest absolute Gasteiger partial charge is 0.234 e. The van der Waals surface area contributed by atoms with Crippen LogP contribution in [0, 0.1) is 0 Å². The van der Waals surface area contributed by atoms with Crippen LogP contribution in [0.5, 0.6) is 0 Å². The summed E-state index contributed by atoms with van der Waals surface area (Å²) in [5.74, 6) is 0.0508. The molecule has 5 nitrogen and oxygen atoms in total. The average molecular weight is 424 g/mol. The third-order valence-electron chi connectivity index (χ3n) is 3.08. The van der Waals surface area contributed by atoms with Crippen molar-refractivity contribution in [3.8, 4) is 11.3 Å². The third-order valence-corrected chi connectivity index (χ3v) is 4.80. The van der Waals surface area contributed by atoms with Gasteiger partial charge in [0.2, 0.25) is 5.91 Å². The SMILES string of the molecule is O=C(CSc1ncc(-c2ccc(Br)cc2)[nH]1)Nc1cccnc1Cl. The lowest BCUT2D eigenvalue weighted by atomic mass is 10.2. The molecule has 2 aromatic heterocycles. The summed E-state index contributed by atoms with van der Waals surface area (Å²) in [7, 11) is 0. The molecule has 0 radical (unpaired) electrons. The van der Waals surface area contributed by atoms with Crippen molar-refractivity contribution < 1.29 is 4.79 Å². The number of hydrogen-bond acceptors (Lipinski definition) is 4. The van der Waals surface area contributed by atoms with Crippen LogP contribution in [-0.4, -0.2) is 26.6 Å². The molecule has 0 bridgehead atoms. The highest BCUT2D eigenvalue weighted by Gasteiger charge is 2.09. The zero-order valence-electron chi connectivity index (χ0n) is 12.3. The first-order chi connectivity index (χ1) is 11.6. The van der Waals surface area contributed by atoms with Crippen LogP contribution in [0.25, 0.3) is 11.3 Å². The molecule has 0 saturated heterocycles. The van der Waals surface area contributed by atoms with Crippen LogP contribution in [0.1, 0.15) is 0 Å². The third kappa shape index (κ3) is 4.37. The molecule has 3 rings (SSSR count). The Kier molecular flexibility index (Phi) is 5.55. The number of amides is 1. The Labute approximate surface area is 156 Å². The molecule has 0 saturated carbocycles. The summed E-state index contributed by atoms with van der Waals surface area (Å²) in [5, 5.41) is 3.67. The highest BCUT2D eigenvalue weighted by atomic mass is 79.9. The van der Waals surface area contributed by atoms with E-state index in [0.717, 1.165) is 15.7 Å². The van der Waals surface area contributed by atoms with E-state index in [-0.39, 0.29) is 16.8 Å². The molecular weight excluding hydrogens is 412 g/mol. The maximum absolute atomic E-state index is 12.0. The van der Waals surface area contributed by atoms with Crippen molar-refractivity contribution in [2.45, 2.75) is 5.16 Å². The van der Waals surface area contributed by atoms with Crippen LogP contribution >= 0.6 is 39.3 Å². The van der Waals surface area contributed by atoms with E-state index in [9.17, 15) is 4.79 Å². The number of H-pyrrole nitrogens is 1. The molecule has 122 valence electrons. The summed E-state index contributed by atoms with van der Waals surface area (Å²) < 4.78 is 1.02. The van der Waals surface area contributed by atoms with Crippen molar-refractivity contribution in [1.29, 1.82) is 0 Å². The zero-order valence-corrected chi connectivity index (χ0v) is 15.5. The highest BCUT2D eigenvalue weighted by Crippen LogP contribution is 2.23. The largest absolute Gasteiger partial charge is 0.333 e. The van der Waals surface area contributed by atoms with Crippen molar-refractivity contribution in [2.24, 2.45) is 0 Å². The first kappa shape index (κ1) is 17.0. The quantitative estimate of drug-likeness (QED) is 0.464. The standard InChI is InChI=1S/C16H12BrClN4OS/c17-11-5-3-10(4-6-11)13-8-20-16(22-13)24-9-14(23)21-12-2-1-7-19-15(12)18/h1-8H,9H2,(H,20,22)(H,21,23). The number of anilines is 1. The number of aromatic amines is 1. The average Bonchev–Trinajstić information content (AvgIpc) is 3.05. The second-order valence-electron chi connectivity index (χ2n) is 4.79. The van der Waals surface area contributed by atoms with Crippen LogP contribution in [0.4, 0.5) is 5.69 Å². The van der Waals surface area contributed by atoms with Gasteiger partial charge in [0.25, 0.3) is 0 Å². The normalized spacial score (nSPS) is 10.6. The molecule has 0 unspecified atom stereocenters. The van der Waals surface area contributed by atoms with Gasteiger partial charge < -0.3 is 10.3 Å². The zero-order chi connectivity index (χ0) is 16.9. The minimum absolute atomic E-state index is 0.170. The van der Waals surface area contributed by atoms with Gasteiger partial charge in [-0.1, -0.05) is 51.4 Å². The van der Waals surface area contributed by atoms with Gasteiger partial charge in [-0.15, -0.1) is 0 Å². The summed E-state index contributed by atoms with van der Waals surface area (Å²) >= 11 is 10.6. The second kappa shape index (κ2) is 7.83. The van der Waals surface area contributed by atoms with Gasteiger partial charge in [0, 0.05) is 10.7 Å². The Morgan fingerprint density at radius 2 is 2.04 bits per heavy atom. The Hall–Kier alpha value is -1.83. The number of imidazole rings is 1. The number of pyridine rings is 1. The van der Waals surface area contributed by atoms with Crippen LogP contribution in [0.2, 0.25) is 5.15 Å². The molecule has 1 aromatic carbocycles. The molecule has 0 aliphatic carbocycles. The van der Waals surface area contributed by atoms with E-state index in [1.165, 1.54) is 11.8 Å². The second-order valence-corrected chi connectivity index (χ2v) is 7.03. The van der Waals surface area contributed by atoms with Crippen molar-refractivity contribution in [3.05, 3.63) is 58.4 Å². The molecule has 2 heterocycles. The van der Waals surface area contributed by atoms with Crippen molar-refractivity contribution in [2.75, 3.05) is 11.1 Å². The number of benzene rings is 1. The minimum atomic E-state index is -0.170. The maximum atomic E-state index is 12.0. The molecular formula is C16H12BrClN4OS. The fourth-order valence-corrected chi connectivity index (χ4v) is 3.03. The summed E-state index contributed by atoms with van der Waals surface area (Å²) in [6.07, 6.45) is 3.32. The van der Waals surface area contributed by atoms with Crippen LogP contribution in [0.3, 0.4) is 0 Å². The summed E-state index contributed by atoms with van der Waals surface area (Å²) in [4.78, 5) is 23.4. The molecule has 0 fully saturated rings. The number of hydrogen-bond donors (Lipinski definition) is 2. The Morgan fingerprint density at radius 3 is 2.79 bits per heavy atom. The molecule has 8 heteroatoms. The number of nitrogens with one attached hydrogen (secondary N) is 2. The lowest BCUT2D eigenvalue weighted by molar-refractivity contribution is -0.113. The number of carbonyl (C=O) groups is 1. The first-order valence-corrected chi connectivity index (χ1v) is 9.11. The van der Waals surface area contributed by atoms with Gasteiger partial charge in [-0.2, -0.15) is 0 Å². The number of halogens is 2. The fourth-order valence-electron chi connectivity index (χ4n) is 1.95. The fraction of sp³-hybridized carbons (Fsp3) is 0.0625. The molecule has 24 heavy (non-hydrogen) atoms. The van der Waals surface area contributed by atoms with Crippen LogP contribution < -0.4 is 5.32 Å². The topological polar surface area (TPSA) is 70.7 Å². The monoisotopic (exact) mass is 422 g/mol. The van der Waals surface area contributed by atoms with Crippen LogP contribution in [-0.2, 0) is 4.79 Å². The predicted molar refractivity (Wildman–Crippen MR) is 100 cm³/mol. The van der Waals surface area contributed by atoms with E-state index >= 15 is 0 Å². The lowest BCUT2D eigenvalue weighted by Gasteiger charge is -2.05. The highest BCUT2D eigenvalue weighted by molar-refractivity contribution is 9.10. The first-order valence-electron chi connectivity index (χ1n) is 6.96. The van der Waals surface area contributed by atoms with Crippen molar-refractivity contribution >= 4 is 50.9 Å². The molecule has 1 amide bonds. The van der Waals surface area contributed by atoms with E-state index in [1.807, 2.05) is 24.3 Å². The van der Waals surface area contributed by atoms with Gasteiger partial charge >= 0.3 is 0 Å². The Balaban J connectivity index is 1.58. The predicted octanol–water partition coefficient (Wildman–Crippen LogP) is 4.62. The van der Waals surface area contributed by atoms with E-state index in [1.54, 1.807) is 24.5 Å². The molecule has 2 N–H and O–H groups in total. The van der Waals surface area contributed by atoms with E-state index < -0.39 is 0 Å². The summed E-state index contributed by atoms with van der Waals surface area (Å²) in [6, 6.07) is 11.3. The van der Waals surface area contributed by atoms with E-state index in [2.05, 4.69) is 36.2 Å². The van der Waals surface area contributed by atoms with Crippen LogP contribution in [0.15, 0.2) is 58.4 Å². The van der Waals surface area contributed by atoms with Crippen molar-refractivity contribution in [1.82, 2.24) is 15.0 Å². The summed E-state index contributed by atoms with van der Waals surface area (Å²) in [6.45, 7) is 0. The number of nitrogens with zero attached hydrogens (tertiary/aromatic N) is 2. The van der Waals surface area contributed by atoms with Gasteiger partial charge in [-0.25, -0.2) is 9.97 Å². The molecule has 0 atom stereocenters. The molecule has 0 aliphatic rings. The Bertz CT molecular complexity index is 853. The molecule has 0 aliphatic heterocycles. The molecule has 3 aromatic rings. The number of carbonyl (C=O) groups excluding carboxylic acids is 1. The Morgan fingerprint density at radius 1 is 1.25 bits per heavy atom. The lowest BCUT2D eigenvalue weighted by Crippen LogP contribution is -2.14. The number of thioether (sulfide) groups is 1. The van der Waals surface area contributed by atoms with E-state index in [4.69, 9.17) is 11.6 Å². The van der Waals surface area contributed by atoms with Gasteiger partial charge in [0.1, 0.15) is 0 Å². The van der Waals surface area contributed by atoms with E-state index in [0.29, 0.717) is 10.8 Å². The summed E-state index contributed by atoms with van der Waals surface area (Å²) in [5.41, 5.74) is 2.43. The number of aromatic nitrogens is 3. The van der Waals surface area contributed by atoms with Gasteiger partial charge in [-0.3, -0.25) is 4.79 Å². The maximum Gasteiger partial charge on any atom is 0.234 e. The van der Waals surface area contributed by atoms with Gasteiger partial charge in [-0.05, 0) is 29.8 Å². The van der Waals surface area contributed by atoms with Crippen molar-refractivity contribution in [3.63, 3.8) is 0 Å².